The van der Waals surface area contributed by atoms with Crippen molar-refractivity contribution >= 4 is 17.7 Å². The third kappa shape index (κ3) is 7.60. The standard InChI is InChI=1S/C27H33N3O2S/c1-3-23-20-26(32)30(2)27(29-23)33-19-11-10-16-25(31)28-18-17-24(21-12-6-4-7-13-21)22-14-8-5-9-15-22/h4-9,12-15,20,24H,3,10-11,16-19H2,1-2H3,(H,28,31). The van der Waals surface area contributed by atoms with Crippen LogP contribution in [0, 0.1) is 0 Å². The molecular formula is C27H33N3O2S. The Balaban J connectivity index is 1.40. The number of unbranched alkanes of at least 4 members (excludes halogenated alkanes) is 1. The maximum absolute atomic E-state index is 12.3. The highest BCUT2D eigenvalue weighted by molar-refractivity contribution is 7.99. The monoisotopic (exact) mass is 463 g/mol. The molecule has 174 valence electrons. The van der Waals surface area contributed by atoms with Crippen LogP contribution < -0.4 is 10.9 Å². The van der Waals surface area contributed by atoms with E-state index in [1.165, 1.54) is 11.1 Å². The van der Waals surface area contributed by atoms with Crippen LogP contribution in [0.1, 0.15) is 55.3 Å². The number of hydrogen-bond acceptors (Lipinski definition) is 4. The maximum Gasteiger partial charge on any atom is 0.254 e. The van der Waals surface area contributed by atoms with E-state index in [1.807, 2.05) is 19.1 Å². The van der Waals surface area contributed by atoms with Crippen molar-refractivity contribution in [1.29, 1.82) is 0 Å². The molecule has 0 fully saturated rings. The number of nitrogens with zero attached hydrogens (tertiary/aromatic N) is 2. The van der Waals surface area contributed by atoms with Gasteiger partial charge in [0.2, 0.25) is 5.91 Å². The van der Waals surface area contributed by atoms with Gasteiger partial charge in [0.25, 0.3) is 5.56 Å². The molecule has 1 heterocycles. The second-order valence-electron chi connectivity index (χ2n) is 8.10. The molecule has 0 aliphatic rings. The van der Waals surface area contributed by atoms with Crippen LogP contribution in [-0.4, -0.2) is 27.8 Å². The average molecular weight is 464 g/mol. The molecule has 1 amide bonds. The number of nitrogens with one attached hydrogen (secondary N) is 1. The Kier molecular flexibility index (Phi) is 9.76. The van der Waals surface area contributed by atoms with Crippen molar-refractivity contribution in [2.45, 2.75) is 50.1 Å². The molecule has 0 saturated heterocycles. The first-order valence-electron chi connectivity index (χ1n) is 11.6. The van der Waals surface area contributed by atoms with Crippen molar-refractivity contribution in [3.8, 4) is 0 Å². The zero-order valence-electron chi connectivity index (χ0n) is 19.5. The first-order valence-corrected chi connectivity index (χ1v) is 12.6. The van der Waals surface area contributed by atoms with Crippen LogP contribution >= 0.6 is 11.8 Å². The number of aryl methyl sites for hydroxylation is 1. The topological polar surface area (TPSA) is 64.0 Å². The molecule has 0 radical (unpaired) electrons. The lowest BCUT2D eigenvalue weighted by Gasteiger charge is -2.18. The van der Waals surface area contributed by atoms with E-state index in [0.717, 1.165) is 42.3 Å². The predicted molar refractivity (Wildman–Crippen MR) is 136 cm³/mol. The van der Waals surface area contributed by atoms with Crippen molar-refractivity contribution in [3.63, 3.8) is 0 Å². The first-order chi connectivity index (χ1) is 16.1. The summed E-state index contributed by atoms with van der Waals surface area (Å²) in [5, 5.41) is 3.84. The molecule has 33 heavy (non-hydrogen) atoms. The minimum absolute atomic E-state index is 0.0203. The lowest BCUT2D eigenvalue weighted by molar-refractivity contribution is -0.121. The third-order valence-electron chi connectivity index (χ3n) is 5.70. The number of hydrogen-bond donors (Lipinski definition) is 1. The van der Waals surface area contributed by atoms with Crippen LogP contribution in [0.15, 0.2) is 76.7 Å². The van der Waals surface area contributed by atoms with Gasteiger partial charge < -0.3 is 5.32 Å². The number of benzene rings is 2. The Bertz CT molecular complexity index is 1030. The van der Waals surface area contributed by atoms with Gasteiger partial charge in [-0.25, -0.2) is 4.98 Å². The molecule has 0 unspecified atom stereocenters. The van der Waals surface area contributed by atoms with Gasteiger partial charge in [-0.05, 0) is 36.8 Å². The Morgan fingerprint density at radius 1 is 1.03 bits per heavy atom. The lowest BCUT2D eigenvalue weighted by atomic mass is 9.88. The Hall–Kier alpha value is -2.86. The number of amides is 1. The van der Waals surface area contributed by atoms with Gasteiger partial charge in [-0.3, -0.25) is 14.2 Å². The highest BCUT2D eigenvalue weighted by atomic mass is 32.2. The largest absolute Gasteiger partial charge is 0.356 e. The van der Waals surface area contributed by atoms with Crippen molar-refractivity contribution in [2.24, 2.45) is 7.05 Å². The first kappa shape index (κ1) is 24.8. The lowest BCUT2D eigenvalue weighted by Crippen LogP contribution is -2.25. The van der Waals surface area contributed by atoms with Gasteiger partial charge in [0, 0.05) is 43.4 Å². The molecule has 0 bridgehead atoms. The highest BCUT2D eigenvalue weighted by Gasteiger charge is 2.14. The average Bonchev–Trinajstić information content (AvgIpc) is 2.85. The van der Waals surface area contributed by atoms with Crippen LogP contribution in [0.5, 0.6) is 0 Å². The van der Waals surface area contributed by atoms with Gasteiger partial charge in [0.05, 0.1) is 0 Å². The van der Waals surface area contributed by atoms with E-state index < -0.39 is 0 Å². The van der Waals surface area contributed by atoms with Crippen LogP contribution in [0.3, 0.4) is 0 Å². The van der Waals surface area contributed by atoms with Crippen LogP contribution in [-0.2, 0) is 18.3 Å². The second-order valence-corrected chi connectivity index (χ2v) is 9.16. The van der Waals surface area contributed by atoms with E-state index in [1.54, 1.807) is 29.4 Å². The molecule has 0 atom stereocenters. The minimum atomic E-state index is -0.0203. The smallest absolute Gasteiger partial charge is 0.254 e. The molecule has 0 saturated carbocycles. The number of carbonyl (C=O) groups is 1. The van der Waals surface area contributed by atoms with Crippen molar-refractivity contribution in [2.75, 3.05) is 12.3 Å². The van der Waals surface area contributed by atoms with Crippen LogP contribution in [0.25, 0.3) is 0 Å². The zero-order chi connectivity index (χ0) is 23.5. The molecule has 0 aliphatic heterocycles. The normalized spacial score (nSPS) is 11.0. The highest BCUT2D eigenvalue weighted by Crippen LogP contribution is 2.27. The molecule has 3 rings (SSSR count). The summed E-state index contributed by atoms with van der Waals surface area (Å²) in [5.41, 5.74) is 3.34. The fourth-order valence-electron chi connectivity index (χ4n) is 3.77. The number of thioether (sulfide) groups is 1. The van der Waals surface area contributed by atoms with Gasteiger partial charge in [0.1, 0.15) is 0 Å². The van der Waals surface area contributed by atoms with Gasteiger partial charge in [-0.1, -0.05) is 79.3 Å². The predicted octanol–water partition coefficient (Wildman–Crippen LogP) is 4.94. The molecule has 1 N–H and O–H groups in total. The van der Waals surface area contributed by atoms with E-state index in [2.05, 4.69) is 58.8 Å². The van der Waals surface area contributed by atoms with E-state index >= 15 is 0 Å². The molecule has 5 nitrogen and oxygen atoms in total. The Morgan fingerprint density at radius 3 is 2.27 bits per heavy atom. The SMILES string of the molecule is CCc1cc(=O)n(C)c(SCCCCC(=O)NCCC(c2ccccc2)c2ccccc2)n1. The van der Waals surface area contributed by atoms with E-state index in [-0.39, 0.29) is 17.4 Å². The van der Waals surface area contributed by atoms with Crippen LogP contribution in [0.4, 0.5) is 0 Å². The van der Waals surface area contributed by atoms with Gasteiger partial charge in [-0.15, -0.1) is 0 Å². The summed E-state index contributed by atoms with van der Waals surface area (Å²) in [7, 11) is 1.75. The Morgan fingerprint density at radius 2 is 1.67 bits per heavy atom. The quantitative estimate of drug-likeness (QED) is 0.235. The number of rotatable bonds is 12. The van der Waals surface area contributed by atoms with Gasteiger partial charge >= 0.3 is 0 Å². The summed E-state index contributed by atoms with van der Waals surface area (Å²) in [6.45, 7) is 2.65. The van der Waals surface area contributed by atoms with E-state index in [0.29, 0.717) is 13.0 Å². The fraction of sp³-hybridized carbons (Fsp3) is 0.370. The summed E-state index contributed by atoms with van der Waals surface area (Å²) in [6.07, 6.45) is 3.85. The third-order valence-corrected chi connectivity index (χ3v) is 6.81. The van der Waals surface area contributed by atoms with E-state index in [4.69, 9.17) is 0 Å². The minimum Gasteiger partial charge on any atom is -0.356 e. The maximum atomic E-state index is 12.3. The Labute approximate surface area is 200 Å². The second kappa shape index (κ2) is 13.0. The van der Waals surface area contributed by atoms with Crippen molar-refractivity contribution in [3.05, 3.63) is 93.9 Å². The summed E-state index contributed by atoms with van der Waals surface area (Å²) in [5.74, 6) is 1.20. The summed E-state index contributed by atoms with van der Waals surface area (Å²) >= 11 is 1.58. The van der Waals surface area contributed by atoms with Crippen molar-refractivity contribution in [1.82, 2.24) is 14.9 Å². The molecule has 0 spiro atoms. The number of carbonyl (C=O) groups excluding carboxylic acids is 1. The van der Waals surface area contributed by atoms with Crippen LogP contribution in [0.2, 0.25) is 0 Å². The zero-order valence-corrected chi connectivity index (χ0v) is 20.3. The molecule has 6 heteroatoms. The van der Waals surface area contributed by atoms with E-state index in [9.17, 15) is 9.59 Å². The molecule has 0 aliphatic carbocycles. The summed E-state index contributed by atoms with van der Waals surface area (Å²) < 4.78 is 1.59. The molecule has 2 aromatic carbocycles. The fourth-order valence-corrected chi connectivity index (χ4v) is 4.76. The van der Waals surface area contributed by atoms with Crippen molar-refractivity contribution < 1.29 is 4.79 Å². The molecule has 3 aromatic rings. The molecule has 1 aromatic heterocycles. The summed E-state index contributed by atoms with van der Waals surface area (Å²) in [4.78, 5) is 28.9. The summed E-state index contributed by atoms with van der Waals surface area (Å²) in [6, 6.07) is 22.5. The molecular weight excluding hydrogens is 430 g/mol. The number of aromatic nitrogens is 2. The van der Waals surface area contributed by atoms with Gasteiger partial charge in [0.15, 0.2) is 5.16 Å². The van der Waals surface area contributed by atoms with Gasteiger partial charge in [-0.2, -0.15) is 0 Å².